The molecule has 1 nitrogen and oxygen atoms in total. The molecule has 35 heavy (non-hydrogen) atoms. The second kappa shape index (κ2) is 7.97. The lowest BCUT2D eigenvalue weighted by atomic mass is 9.97. The van der Waals surface area contributed by atoms with Crippen LogP contribution in [0.25, 0.3) is 52.8 Å². The van der Waals surface area contributed by atoms with Crippen molar-refractivity contribution in [2.75, 3.05) is 11.9 Å². The lowest BCUT2D eigenvalue weighted by Gasteiger charge is -2.22. The summed E-state index contributed by atoms with van der Waals surface area (Å²) in [5.41, 5.74) is 4.89. The minimum absolute atomic E-state index is 1.18. The Balaban J connectivity index is 1.35. The van der Waals surface area contributed by atoms with Crippen molar-refractivity contribution in [1.82, 2.24) is 0 Å². The van der Waals surface area contributed by atoms with Crippen LogP contribution in [0.1, 0.15) is 0 Å². The predicted molar refractivity (Wildman–Crippen MR) is 154 cm³/mol. The van der Waals surface area contributed by atoms with Crippen LogP contribution in [0.5, 0.6) is 0 Å². The highest BCUT2D eigenvalue weighted by molar-refractivity contribution is 7.25. The molecular weight excluding hydrogens is 442 g/mol. The molecule has 1 heterocycles. The lowest BCUT2D eigenvalue weighted by molar-refractivity contribution is 1.22. The van der Waals surface area contributed by atoms with Gasteiger partial charge in [-0.15, -0.1) is 11.3 Å². The Labute approximate surface area is 208 Å². The van der Waals surface area contributed by atoms with Gasteiger partial charge in [0.2, 0.25) is 0 Å². The van der Waals surface area contributed by atoms with Gasteiger partial charge in [-0.1, -0.05) is 84.9 Å². The average molecular weight is 466 g/mol. The molecule has 0 spiro atoms. The largest absolute Gasteiger partial charge is 0.344 e. The van der Waals surface area contributed by atoms with Crippen LogP contribution in [0.3, 0.4) is 0 Å². The second-order valence-corrected chi connectivity index (χ2v) is 10.2. The van der Waals surface area contributed by atoms with Gasteiger partial charge in [0.25, 0.3) is 0 Å². The van der Waals surface area contributed by atoms with E-state index in [9.17, 15) is 0 Å². The number of benzene rings is 6. The van der Waals surface area contributed by atoms with Crippen LogP contribution in [-0.4, -0.2) is 7.05 Å². The highest BCUT2D eigenvalue weighted by atomic mass is 32.1. The quantitative estimate of drug-likeness (QED) is 0.235. The summed E-state index contributed by atoms with van der Waals surface area (Å²) in [6, 6.07) is 44.1. The Morgan fingerprint density at radius 2 is 1.20 bits per heavy atom. The monoisotopic (exact) mass is 465 g/mol. The van der Waals surface area contributed by atoms with E-state index in [0.29, 0.717) is 0 Å². The van der Waals surface area contributed by atoms with Gasteiger partial charge in [-0.3, -0.25) is 0 Å². The van der Waals surface area contributed by atoms with E-state index in [4.69, 9.17) is 0 Å². The molecule has 7 aromatic rings. The van der Waals surface area contributed by atoms with Crippen molar-refractivity contribution in [3.63, 3.8) is 0 Å². The van der Waals surface area contributed by atoms with Gasteiger partial charge < -0.3 is 4.90 Å². The molecule has 0 bridgehead atoms. The number of hydrogen-bond donors (Lipinski definition) is 0. The van der Waals surface area contributed by atoms with Crippen LogP contribution in [0.15, 0.2) is 121 Å². The number of rotatable bonds is 3. The molecule has 0 atom stereocenters. The van der Waals surface area contributed by atoms with E-state index in [-0.39, 0.29) is 0 Å². The van der Waals surface area contributed by atoms with E-state index in [1.807, 2.05) is 11.3 Å². The molecule has 166 valence electrons. The van der Waals surface area contributed by atoms with E-state index in [0.717, 1.165) is 0 Å². The molecule has 0 unspecified atom stereocenters. The zero-order valence-electron chi connectivity index (χ0n) is 19.4. The van der Waals surface area contributed by atoms with Gasteiger partial charge >= 0.3 is 0 Å². The van der Waals surface area contributed by atoms with Crippen molar-refractivity contribution < 1.29 is 0 Å². The molecule has 0 radical (unpaired) electrons. The molecule has 6 aromatic carbocycles. The first-order valence-corrected chi connectivity index (χ1v) is 12.7. The van der Waals surface area contributed by atoms with Gasteiger partial charge in [0.15, 0.2) is 0 Å². The third-order valence-electron chi connectivity index (χ3n) is 7.06. The molecule has 0 N–H and O–H groups in total. The number of fused-ring (bicyclic) bond motifs is 6. The van der Waals surface area contributed by atoms with Crippen molar-refractivity contribution in [3.8, 4) is 11.1 Å². The molecule has 0 amide bonds. The highest BCUT2D eigenvalue weighted by Crippen LogP contribution is 2.41. The zero-order valence-corrected chi connectivity index (χ0v) is 20.2. The summed E-state index contributed by atoms with van der Waals surface area (Å²) in [7, 11) is 2.17. The molecule has 0 aliphatic heterocycles. The van der Waals surface area contributed by atoms with Crippen molar-refractivity contribution in [1.29, 1.82) is 0 Å². The summed E-state index contributed by atoms with van der Waals surface area (Å²) in [4.78, 5) is 2.32. The summed E-state index contributed by atoms with van der Waals surface area (Å²) in [6.45, 7) is 0. The van der Waals surface area contributed by atoms with E-state index < -0.39 is 0 Å². The third-order valence-corrected chi connectivity index (χ3v) is 8.19. The van der Waals surface area contributed by atoms with E-state index in [1.165, 1.54) is 64.2 Å². The molecule has 0 aliphatic carbocycles. The van der Waals surface area contributed by atoms with Crippen LogP contribution in [0.4, 0.5) is 11.4 Å². The van der Waals surface area contributed by atoms with Crippen molar-refractivity contribution >= 4 is 64.4 Å². The molecule has 7 rings (SSSR count). The number of anilines is 2. The molecule has 0 fully saturated rings. The Bertz CT molecular complexity index is 1880. The van der Waals surface area contributed by atoms with Gasteiger partial charge in [0, 0.05) is 32.9 Å². The maximum absolute atomic E-state index is 2.34. The molecule has 1 aromatic heterocycles. The van der Waals surface area contributed by atoms with Crippen molar-refractivity contribution in [3.05, 3.63) is 121 Å². The van der Waals surface area contributed by atoms with E-state index >= 15 is 0 Å². The summed E-state index contributed by atoms with van der Waals surface area (Å²) < 4.78 is 2.66. The number of hydrogen-bond acceptors (Lipinski definition) is 2. The van der Waals surface area contributed by atoms with Gasteiger partial charge in [0.1, 0.15) is 0 Å². The predicted octanol–water partition coefficient (Wildman–Crippen LogP) is 9.80. The minimum Gasteiger partial charge on any atom is -0.344 e. The lowest BCUT2D eigenvalue weighted by Crippen LogP contribution is -2.09. The van der Waals surface area contributed by atoms with Crippen molar-refractivity contribution in [2.45, 2.75) is 0 Å². The molecule has 0 saturated heterocycles. The Morgan fingerprint density at radius 1 is 0.514 bits per heavy atom. The molecular formula is C33H23NS. The second-order valence-electron chi connectivity index (χ2n) is 9.08. The van der Waals surface area contributed by atoms with Crippen LogP contribution in [0, 0.1) is 0 Å². The standard InChI is InChI=1S/C33H23NS/c1-34(30-13-7-15-32-33(30)28-12-4-5-14-31(28)35-32)26-10-6-9-24(20-26)25-19-18-23-17-16-22-8-2-3-11-27(22)29(23)21-25/h2-21H,1H3. The van der Waals surface area contributed by atoms with E-state index in [1.54, 1.807) is 0 Å². The summed E-state index contributed by atoms with van der Waals surface area (Å²) in [5.74, 6) is 0. The Hall–Kier alpha value is -4.14. The molecule has 0 aliphatic rings. The van der Waals surface area contributed by atoms with Crippen LogP contribution in [0.2, 0.25) is 0 Å². The minimum atomic E-state index is 1.18. The first kappa shape index (κ1) is 20.3. The first-order chi connectivity index (χ1) is 17.3. The first-order valence-electron chi connectivity index (χ1n) is 11.9. The molecule has 0 saturated carbocycles. The van der Waals surface area contributed by atoms with Gasteiger partial charge in [-0.25, -0.2) is 0 Å². The third kappa shape index (κ3) is 3.30. The number of nitrogens with zero attached hydrogens (tertiary/aromatic N) is 1. The summed E-state index contributed by atoms with van der Waals surface area (Å²) in [5, 5.41) is 7.81. The van der Waals surface area contributed by atoms with Gasteiger partial charge in [-0.05, 0) is 69.1 Å². The van der Waals surface area contributed by atoms with E-state index in [2.05, 4.69) is 133 Å². The zero-order chi connectivity index (χ0) is 23.4. The Morgan fingerprint density at radius 3 is 2.11 bits per heavy atom. The van der Waals surface area contributed by atoms with Crippen molar-refractivity contribution in [2.24, 2.45) is 0 Å². The highest BCUT2D eigenvalue weighted by Gasteiger charge is 2.14. The number of thiophene rings is 1. The van der Waals surface area contributed by atoms with Crippen LogP contribution < -0.4 is 4.90 Å². The fourth-order valence-corrected chi connectivity index (χ4v) is 6.38. The maximum Gasteiger partial charge on any atom is 0.0502 e. The smallest absolute Gasteiger partial charge is 0.0502 e. The van der Waals surface area contributed by atoms with Crippen LogP contribution in [-0.2, 0) is 0 Å². The summed E-state index contributed by atoms with van der Waals surface area (Å²) >= 11 is 1.86. The SMILES string of the molecule is CN(c1cccc(-c2ccc3ccc4ccccc4c3c2)c1)c1cccc2sc3ccccc3c12. The van der Waals surface area contributed by atoms with Gasteiger partial charge in [0.05, 0.1) is 5.69 Å². The normalized spacial score (nSPS) is 11.6. The van der Waals surface area contributed by atoms with Gasteiger partial charge in [-0.2, -0.15) is 0 Å². The average Bonchev–Trinajstić information content (AvgIpc) is 3.31. The Kier molecular flexibility index (Phi) is 4.61. The maximum atomic E-state index is 2.34. The fourth-order valence-electron chi connectivity index (χ4n) is 5.25. The summed E-state index contributed by atoms with van der Waals surface area (Å²) in [6.07, 6.45) is 0. The fraction of sp³-hybridized carbons (Fsp3) is 0.0303. The van der Waals surface area contributed by atoms with Crippen LogP contribution >= 0.6 is 11.3 Å². The molecule has 2 heteroatoms. The topological polar surface area (TPSA) is 3.24 Å².